The molecule has 2 N–H and O–H groups in total. The zero-order valence-electron chi connectivity index (χ0n) is 17.0. The van der Waals surface area contributed by atoms with Crippen molar-refractivity contribution >= 4 is 27.3 Å². The minimum Gasteiger partial charge on any atom is -0.370 e. The first-order chi connectivity index (χ1) is 14.6. The number of alkyl halides is 3. The number of carbonyl (C=O) groups excluding carboxylic acids is 1. The monoisotopic (exact) mass is 455 g/mol. The Balaban J connectivity index is 1.92. The lowest BCUT2D eigenvalue weighted by atomic mass is 10.1. The third-order valence-electron chi connectivity index (χ3n) is 4.95. The van der Waals surface area contributed by atoms with Gasteiger partial charge in [0.2, 0.25) is 10.0 Å². The lowest BCUT2D eigenvalue weighted by Gasteiger charge is -2.22. The molecule has 3 rings (SSSR count). The Labute approximate surface area is 179 Å². The molecule has 1 aliphatic heterocycles. The molecule has 1 aliphatic rings. The van der Waals surface area contributed by atoms with Gasteiger partial charge in [-0.3, -0.25) is 4.79 Å². The minimum atomic E-state index is -4.54. The molecule has 168 valence electrons. The van der Waals surface area contributed by atoms with Crippen LogP contribution in [0.3, 0.4) is 0 Å². The van der Waals surface area contributed by atoms with E-state index < -0.39 is 27.7 Å². The standard InChI is InChI=1S/C21H24F3N3O3S/c1-2-10-25-31(29,30)19-13-15(8-9-18(19)27-11-3-4-12-27)20(28)26-17-7-5-6-16(14-17)21(22,23)24/h5-9,13-14,25H,2-4,10-12H2,1H3,(H,26,28). The van der Waals surface area contributed by atoms with Crippen molar-refractivity contribution in [3.8, 4) is 0 Å². The normalized spacial score (nSPS) is 14.6. The summed E-state index contributed by atoms with van der Waals surface area (Å²) in [6.07, 6.45) is -2.04. The third-order valence-corrected chi connectivity index (χ3v) is 6.44. The highest BCUT2D eigenvalue weighted by molar-refractivity contribution is 7.89. The van der Waals surface area contributed by atoms with Crippen LogP contribution in [0, 0.1) is 0 Å². The Morgan fingerprint density at radius 2 is 1.81 bits per heavy atom. The molecule has 1 amide bonds. The molecule has 6 nitrogen and oxygen atoms in total. The van der Waals surface area contributed by atoms with Gasteiger partial charge in [-0.05, 0) is 55.7 Å². The maximum atomic E-state index is 12.9. The number of carbonyl (C=O) groups is 1. The second kappa shape index (κ2) is 9.27. The first-order valence-corrected chi connectivity index (χ1v) is 11.5. The second-order valence-electron chi connectivity index (χ2n) is 7.31. The smallest absolute Gasteiger partial charge is 0.370 e. The Morgan fingerprint density at radius 1 is 1.10 bits per heavy atom. The molecule has 10 heteroatoms. The minimum absolute atomic E-state index is 0.0143. The van der Waals surface area contributed by atoms with Gasteiger partial charge in [-0.2, -0.15) is 13.2 Å². The average Bonchev–Trinajstić information content (AvgIpc) is 3.26. The molecule has 0 spiro atoms. The molecule has 31 heavy (non-hydrogen) atoms. The number of benzene rings is 2. The molecular weight excluding hydrogens is 431 g/mol. The van der Waals surface area contributed by atoms with Gasteiger partial charge in [-0.15, -0.1) is 0 Å². The summed E-state index contributed by atoms with van der Waals surface area (Å²) in [5.41, 5.74) is -0.368. The van der Waals surface area contributed by atoms with E-state index in [0.717, 1.165) is 25.0 Å². The van der Waals surface area contributed by atoms with E-state index in [1.807, 2.05) is 11.8 Å². The highest BCUT2D eigenvalue weighted by Crippen LogP contribution is 2.32. The summed E-state index contributed by atoms with van der Waals surface area (Å²) in [6, 6.07) is 8.60. The molecule has 1 saturated heterocycles. The van der Waals surface area contributed by atoms with Crippen molar-refractivity contribution in [3.63, 3.8) is 0 Å². The Hall–Kier alpha value is -2.59. The first-order valence-electron chi connectivity index (χ1n) is 9.99. The van der Waals surface area contributed by atoms with Gasteiger partial charge >= 0.3 is 6.18 Å². The van der Waals surface area contributed by atoms with E-state index in [2.05, 4.69) is 10.0 Å². The number of amides is 1. The van der Waals surface area contributed by atoms with E-state index in [1.54, 1.807) is 6.07 Å². The third kappa shape index (κ3) is 5.56. The van der Waals surface area contributed by atoms with Gasteiger partial charge in [0, 0.05) is 30.9 Å². The summed E-state index contributed by atoms with van der Waals surface area (Å²) in [5.74, 6) is -0.695. The maximum Gasteiger partial charge on any atom is 0.416 e. The van der Waals surface area contributed by atoms with Crippen molar-refractivity contribution in [3.05, 3.63) is 53.6 Å². The topological polar surface area (TPSA) is 78.5 Å². The number of rotatable bonds is 7. The summed E-state index contributed by atoms with van der Waals surface area (Å²) in [7, 11) is -3.87. The molecule has 0 atom stereocenters. The van der Waals surface area contributed by atoms with Crippen molar-refractivity contribution in [1.29, 1.82) is 0 Å². The van der Waals surface area contributed by atoms with Crippen molar-refractivity contribution in [2.45, 2.75) is 37.3 Å². The van der Waals surface area contributed by atoms with Gasteiger partial charge in [-0.25, -0.2) is 13.1 Å². The van der Waals surface area contributed by atoms with E-state index in [0.29, 0.717) is 25.2 Å². The van der Waals surface area contributed by atoms with Crippen LogP contribution in [0.1, 0.15) is 42.1 Å². The quantitative estimate of drug-likeness (QED) is 0.655. The fourth-order valence-corrected chi connectivity index (χ4v) is 4.76. The number of nitrogens with zero attached hydrogens (tertiary/aromatic N) is 1. The first kappa shape index (κ1) is 23.1. The second-order valence-corrected chi connectivity index (χ2v) is 9.04. The molecule has 2 aromatic rings. The van der Waals surface area contributed by atoms with Crippen molar-refractivity contribution in [1.82, 2.24) is 4.72 Å². The zero-order chi connectivity index (χ0) is 22.6. The Morgan fingerprint density at radius 3 is 2.45 bits per heavy atom. The van der Waals surface area contributed by atoms with Crippen LogP contribution in [-0.4, -0.2) is 34.0 Å². The van der Waals surface area contributed by atoms with Crippen molar-refractivity contribution in [2.24, 2.45) is 0 Å². The molecular formula is C21H24F3N3O3S. The van der Waals surface area contributed by atoms with Gasteiger partial charge in [0.15, 0.2) is 0 Å². The highest BCUT2D eigenvalue weighted by Gasteiger charge is 2.30. The molecule has 2 aromatic carbocycles. The summed E-state index contributed by atoms with van der Waals surface area (Å²) in [5, 5.41) is 2.41. The SMILES string of the molecule is CCCNS(=O)(=O)c1cc(C(=O)Nc2cccc(C(F)(F)F)c2)ccc1N1CCCC1. The van der Waals surface area contributed by atoms with Gasteiger partial charge < -0.3 is 10.2 Å². The van der Waals surface area contributed by atoms with Crippen LogP contribution in [0.15, 0.2) is 47.4 Å². The molecule has 0 aromatic heterocycles. The average molecular weight is 456 g/mol. The highest BCUT2D eigenvalue weighted by atomic mass is 32.2. The van der Waals surface area contributed by atoms with E-state index in [1.165, 1.54) is 24.3 Å². The lowest BCUT2D eigenvalue weighted by molar-refractivity contribution is -0.137. The molecule has 0 aliphatic carbocycles. The summed E-state index contributed by atoms with van der Waals surface area (Å²) >= 11 is 0. The fraction of sp³-hybridized carbons (Fsp3) is 0.381. The number of halogens is 3. The van der Waals surface area contributed by atoms with Crippen LogP contribution < -0.4 is 14.9 Å². The van der Waals surface area contributed by atoms with Crippen LogP contribution in [-0.2, 0) is 16.2 Å². The number of sulfonamides is 1. The number of hydrogen-bond acceptors (Lipinski definition) is 4. The van der Waals surface area contributed by atoms with Crippen molar-refractivity contribution in [2.75, 3.05) is 29.9 Å². The summed E-state index contributed by atoms with van der Waals surface area (Å²) in [6.45, 7) is 3.52. The zero-order valence-corrected chi connectivity index (χ0v) is 17.8. The van der Waals surface area contributed by atoms with E-state index in [4.69, 9.17) is 0 Å². The molecule has 1 heterocycles. The molecule has 0 saturated carbocycles. The number of nitrogens with one attached hydrogen (secondary N) is 2. The van der Waals surface area contributed by atoms with Crippen LogP contribution in [0.5, 0.6) is 0 Å². The predicted molar refractivity (Wildman–Crippen MR) is 113 cm³/mol. The van der Waals surface area contributed by atoms with Gasteiger partial charge in [0.05, 0.1) is 11.3 Å². The van der Waals surface area contributed by atoms with Gasteiger partial charge in [-0.1, -0.05) is 13.0 Å². The van der Waals surface area contributed by atoms with E-state index in [9.17, 15) is 26.4 Å². The largest absolute Gasteiger partial charge is 0.416 e. The number of hydrogen-bond donors (Lipinski definition) is 2. The Bertz CT molecular complexity index is 1050. The molecule has 1 fully saturated rings. The van der Waals surface area contributed by atoms with E-state index >= 15 is 0 Å². The van der Waals surface area contributed by atoms with Crippen LogP contribution in [0.25, 0.3) is 0 Å². The van der Waals surface area contributed by atoms with E-state index in [-0.39, 0.29) is 22.7 Å². The molecule has 0 bridgehead atoms. The summed E-state index contributed by atoms with van der Waals surface area (Å²) < 4.78 is 67.0. The van der Waals surface area contributed by atoms with Crippen LogP contribution in [0.2, 0.25) is 0 Å². The predicted octanol–water partition coefficient (Wildman–Crippen LogP) is 4.25. The fourth-order valence-electron chi connectivity index (χ4n) is 3.38. The lowest BCUT2D eigenvalue weighted by Crippen LogP contribution is -2.28. The van der Waals surface area contributed by atoms with Gasteiger partial charge in [0.1, 0.15) is 4.90 Å². The van der Waals surface area contributed by atoms with Crippen LogP contribution in [0.4, 0.5) is 24.5 Å². The van der Waals surface area contributed by atoms with Crippen molar-refractivity contribution < 1.29 is 26.4 Å². The maximum absolute atomic E-state index is 12.9. The molecule has 0 unspecified atom stereocenters. The number of anilines is 2. The van der Waals surface area contributed by atoms with Crippen LogP contribution >= 0.6 is 0 Å². The summed E-state index contributed by atoms with van der Waals surface area (Å²) in [4.78, 5) is 14.6. The molecule has 0 radical (unpaired) electrons. The van der Waals surface area contributed by atoms with Gasteiger partial charge in [0.25, 0.3) is 5.91 Å². The Kier molecular flexibility index (Phi) is 6.90.